The van der Waals surface area contributed by atoms with Crippen molar-refractivity contribution in [3.63, 3.8) is 0 Å². The van der Waals surface area contributed by atoms with Crippen LogP contribution in [0, 0.1) is 17.2 Å². The Bertz CT molecular complexity index is 1280. The van der Waals surface area contributed by atoms with Gasteiger partial charge in [0.15, 0.2) is 6.10 Å². The maximum Gasteiger partial charge on any atom is 0.166 e. The van der Waals surface area contributed by atoms with Crippen LogP contribution in [-0.2, 0) is 0 Å². The van der Waals surface area contributed by atoms with Gasteiger partial charge in [-0.2, -0.15) is 5.26 Å². The van der Waals surface area contributed by atoms with Gasteiger partial charge in [0.2, 0.25) is 0 Å². The third kappa shape index (κ3) is 4.71. The van der Waals surface area contributed by atoms with Gasteiger partial charge in [-0.25, -0.2) is 0 Å². The number of fused-ring (bicyclic) bond motifs is 1. The molecule has 2 aliphatic rings. The van der Waals surface area contributed by atoms with Gasteiger partial charge in [-0.3, -0.25) is 14.3 Å². The van der Waals surface area contributed by atoms with Crippen molar-refractivity contribution in [3.8, 4) is 23.3 Å². The minimum absolute atomic E-state index is 0.169. The molecule has 1 unspecified atom stereocenters. The molecule has 1 saturated heterocycles. The number of hydrogen-bond donors (Lipinski definition) is 1. The maximum absolute atomic E-state index is 12.6. The minimum atomic E-state index is -0.465. The minimum Gasteiger partial charge on any atom is -0.508 e. The third-order valence-corrected chi connectivity index (χ3v) is 6.56. The second-order valence-electron chi connectivity index (χ2n) is 8.95. The van der Waals surface area contributed by atoms with Gasteiger partial charge < -0.3 is 14.6 Å². The van der Waals surface area contributed by atoms with E-state index in [0.717, 1.165) is 47.6 Å². The van der Waals surface area contributed by atoms with Crippen LogP contribution in [0.4, 0.5) is 4.39 Å². The fourth-order valence-electron chi connectivity index (χ4n) is 4.62. The van der Waals surface area contributed by atoms with Crippen molar-refractivity contribution in [2.75, 3.05) is 32.9 Å². The van der Waals surface area contributed by atoms with E-state index in [1.807, 2.05) is 31.2 Å². The first-order valence-electron chi connectivity index (χ1n) is 11.6. The average Bonchev–Trinajstić information content (AvgIpc) is 2.86. The van der Waals surface area contributed by atoms with Crippen LogP contribution in [0.5, 0.6) is 17.2 Å². The van der Waals surface area contributed by atoms with Gasteiger partial charge in [-0.1, -0.05) is 12.1 Å². The number of hydrogen-bond acceptors (Lipinski definition) is 6. The molecule has 0 spiro atoms. The summed E-state index contributed by atoms with van der Waals surface area (Å²) < 4.78 is 24.8. The van der Waals surface area contributed by atoms with Crippen molar-refractivity contribution in [3.05, 3.63) is 83.2 Å². The normalized spacial score (nSPS) is 17.8. The Morgan fingerprint density at radius 1 is 1.17 bits per heavy atom. The molecule has 1 N–H and O–H groups in total. The van der Waals surface area contributed by atoms with Gasteiger partial charge in [0.25, 0.3) is 0 Å². The molecule has 0 bridgehead atoms. The van der Waals surface area contributed by atoms with E-state index < -0.39 is 6.10 Å². The highest BCUT2D eigenvalue weighted by Gasteiger charge is 2.30. The topological polar surface area (TPSA) is 78.6 Å². The first kappa shape index (κ1) is 22.9. The molecule has 2 aromatic carbocycles. The molecule has 1 fully saturated rings. The Morgan fingerprint density at radius 3 is 2.66 bits per heavy atom. The number of phenols is 1. The van der Waals surface area contributed by atoms with Crippen molar-refractivity contribution in [2.45, 2.75) is 13.0 Å². The van der Waals surface area contributed by atoms with Gasteiger partial charge in [0.05, 0.1) is 30.2 Å². The summed E-state index contributed by atoms with van der Waals surface area (Å²) in [6, 6.07) is 18.4. The monoisotopic (exact) mass is 471 g/mol. The number of benzene rings is 2. The Labute approximate surface area is 203 Å². The number of rotatable bonds is 7. The number of nitriles is 1. The standard InChI is InChI=1S/C28H26FN3O3/c1-18-24-12-22(33)6-9-26(24)35-28(27(18)21-4-2-19(14-30)3-5-21)25-8-7-23(15-31-25)34-11-10-32-16-20(13-29)17-32/h2-9,12,15,20,28,33H,10-11,13,16-17H2,1H3. The van der Waals surface area contributed by atoms with Crippen LogP contribution in [-0.4, -0.2) is 47.9 Å². The molecule has 178 valence electrons. The molecule has 1 aromatic heterocycles. The van der Waals surface area contributed by atoms with Gasteiger partial charge in [-0.15, -0.1) is 0 Å². The number of aromatic nitrogens is 1. The summed E-state index contributed by atoms with van der Waals surface area (Å²) >= 11 is 0. The predicted molar refractivity (Wildman–Crippen MR) is 131 cm³/mol. The lowest BCUT2D eigenvalue weighted by atomic mass is 9.87. The Morgan fingerprint density at radius 2 is 1.97 bits per heavy atom. The van der Waals surface area contributed by atoms with Gasteiger partial charge in [0.1, 0.15) is 23.9 Å². The van der Waals surface area contributed by atoms with Crippen molar-refractivity contribution in [2.24, 2.45) is 5.92 Å². The summed E-state index contributed by atoms with van der Waals surface area (Å²) in [6.45, 7) is 4.61. The van der Waals surface area contributed by atoms with Gasteiger partial charge in [0, 0.05) is 36.7 Å². The van der Waals surface area contributed by atoms with E-state index >= 15 is 0 Å². The average molecular weight is 472 g/mol. The zero-order valence-electron chi connectivity index (χ0n) is 19.4. The van der Waals surface area contributed by atoms with Crippen molar-refractivity contribution < 1.29 is 19.0 Å². The van der Waals surface area contributed by atoms with Gasteiger partial charge >= 0.3 is 0 Å². The Kier molecular flexibility index (Phi) is 6.39. The van der Waals surface area contributed by atoms with E-state index in [4.69, 9.17) is 9.47 Å². The molecule has 0 aliphatic carbocycles. The van der Waals surface area contributed by atoms with E-state index in [9.17, 15) is 14.8 Å². The first-order chi connectivity index (χ1) is 17.1. The number of ether oxygens (including phenoxy) is 2. The zero-order valence-corrected chi connectivity index (χ0v) is 19.4. The highest BCUT2D eigenvalue weighted by atomic mass is 19.1. The SMILES string of the molecule is CC1=C(c2ccc(C#N)cc2)C(c2ccc(OCCN3CC(CF)C3)cn2)Oc2ccc(O)cc21. The van der Waals surface area contributed by atoms with Crippen LogP contribution in [0.1, 0.15) is 35.4 Å². The van der Waals surface area contributed by atoms with Crippen LogP contribution in [0.3, 0.4) is 0 Å². The molecule has 35 heavy (non-hydrogen) atoms. The second kappa shape index (κ2) is 9.77. The van der Waals surface area contributed by atoms with E-state index in [1.54, 1.807) is 36.5 Å². The predicted octanol–water partition coefficient (Wildman–Crippen LogP) is 5.00. The molecular weight excluding hydrogens is 445 g/mol. The lowest BCUT2D eigenvalue weighted by Gasteiger charge is -2.37. The summed E-state index contributed by atoms with van der Waals surface area (Å²) in [6.07, 6.45) is 1.23. The Hall–Kier alpha value is -3.89. The zero-order chi connectivity index (χ0) is 24.4. The molecule has 0 amide bonds. The van der Waals surface area contributed by atoms with E-state index in [1.165, 1.54) is 0 Å². The molecule has 0 radical (unpaired) electrons. The largest absolute Gasteiger partial charge is 0.508 e. The number of likely N-dealkylation sites (tertiary alicyclic amines) is 1. The second-order valence-corrected chi connectivity index (χ2v) is 8.95. The quantitative estimate of drug-likeness (QED) is 0.522. The van der Waals surface area contributed by atoms with Crippen molar-refractivity contribution in [1.29, 1.82) is 5.26 Å². The summed E-state index contributed by atoms with van der Waals surface area (Å²) in [5.74, 6) is 1.67. The number of pyridine rings is 1. The molecule has 1 atom stereocenters. The van der Waals surface area contributed by atoms with Crippen LogP contribution in [0.25, 0.3) is 11.1 Å². The molecule has 0 saturated carbocycles. The summed E-state index contributed by atoms with van der Waals surface area (Å²) in [5, 5.41) is 19.2. The molecule has 2 aliphatic heterocycles. The molecule has 3 heterocycles. The summed E-state index contributed by atoms with van der Waals surface area (Å²) in [7, 11) is 0. The molecule has 7 heteroatoms. The van der Waals surface area contributed by atoms with Crippen LogP contribution in [0.15, 0.2) is 60.8 Å². The number of halogens is 1. The number of alkyl halides is 1. The smallest absolute Gasteiger partial charge is 0.166 e. The van der Waals surface area contributed by atoms with Crippen molar-refractivity contribution in [1.82, 2.24) is 9.88 Å². The first-order valence-corrected chi connectivity index (χ1v) is 11.6. The summed E-state index contributed by atoms with van der Waals surface area (Å²) in [4.78, 5) is 6.82. The number of nitrogens with zero attached hydrogens (tertiary/aromatic N) is 3. The fourth-order valence-corrected chi connectivity index (χ4v) is 4.62. The fraction of sp³-hybridized carbons (Fsp3) is 0.286. The van der Waals surface area contributed by atoms with Crippen LogP contribution < -0.4 is 9.47 Å². The lowest BCUT2D eigenvalue weighted by Crippen LogP contribution is -2.49. The summed E-state index contributed by atoms with van der Waals surface area (Å²) in [5.41, 5.74) is 4.94. The molecular formula is C28H26FN3O3. The lowest BCUT2D eigenvalue weighted by molar-refractivity contribution is 0.0668. The number of aromatic hydroxyl groups is 1. The molecule has 5 rings (SSSR count). The highest BCUT2D eigenvalue weighted by Crippen LogP contribution is 2.47. The highest BCUT2D eigenvalue weighted by molar-refractivity contribution is 5.95. The third-order valence-electron chi connectivity index (χ3n) is 6.56. The van der Waals surface area contributed by atoms with Crippen molar-refractivity contribution >= 4 is 11.1 Å². The van der Waals surface area contributed by atoms with E-state index in [2.05, 4.69) is 16.0 Å². The maximum atomic E-state index is 12.6. The van der Waals surface area contributed by atoms with Crippen LogP contribution >= 0.6 is 0 Å². The van der Waals surface area contributed by atoms with Crippen LogP contribution in [0.2, 0.25) is 0 Å². The molecule has 3 aromatic rings. The van der Waals surface area contributed by atoms with Gasteiger partial charge in [-0.05, 0) is 60.5 Å². The Balaban J connectivity index is 1.38. The van der Waals surface area contributed by atoms with E-state index in [-0.39, 0.29) is 18.3 Å². The number of phenolic OH excluding ortho intramolecular Hbond substituents is 1. The molecule has 6 nitrogen and oxygen atoms in total. The van der Waals surface area contributed by atoms with E-state index in [0.29, 0.717) is 23.7 Å². The number of allylic oxidation sites excluding steroid dienone is 1.